The summed E-state index contributed by atoms with van der Waals surface area (Å²) in [4.78, 5) is 73.4. The van der Waals surface area contributed by atoms with Crippen molar-refractivity contribution in [3.05, 3.63) is 96.1 Å². The van der Waals surface area contributed by atoms with E-state index in [1.54, 1.807) is 30.3 Å². The molecule has 6 aromatic rings. The molecule has 0 bridgehead atoms. The zero-order valence-corrected chi connectivity index (χ0v) is 38.7. The SMILES string of the molecule is O=C(O)CN(CC(=O)O)c1nc(Nc2ccc(S(=O)(=O)O)cc2)nc(Nc2ccc(C=Cc3ccc(Nc4nc(Nc5ccc(S)cc5)nc(N(CC(=O)O)CC(=O)O)n4)cc3S(=O)(=O)O)c(S)c2)n1. The molecule has 10 N–H and O–H groups in total. The van der Waals surface area contributed by atoms with Crippen molar-refractivity contribution < 1.29 is 65.5 Å². The average molecular weight is 1040 g/mol. The summed E-state index contributed by atoms with van der Waals surface area (Å²) in [6.45, 7) is -3.26. The lowest BCUT2D eigenvalue weighted by molar-refractivity contribution is -0.138. The Kier molecular flexibility index (Phi) is 16.0. The van der Waals surface area contributed by atoms with Crippen molar-refractivity contribution >= 4 is 140 Å². The first-order chi connectivity index (χ1) is 33.0. The van der Waals surface area contributed by atoms with Gasteiger partial charge in [-0.1, -0.05) is 24.3 Å². The largest absolute Gasteiger partial charge is 0.480 e. The quantitative estimate of drug-likeness (QED) is 0.0257. The summed E-state index contributed by atoms with van der Waals surface area (Å²) in [5.41, 5.74) is 1.42. The normalized spacial score (nSPS) is 11.4. The Morgan fingerprint density at radius 3 is 1.23 bits per heavy atom. The van der Waals surface area contributed by atoms with Gasteiger partial charge in [-0.05, 0) is 83.9 Å². The van der Waals surface area contributed by atoms with Gasteiger partial charge in [0.1, 0.15) is 31.1 Å². The molecule has 70 heavy (non-hydrogen) atoms. The van der Waals surface area contributed by atoms with Crippen molar-refractivity contribution in [1.82, 2.24) is 29.9 Å². The van der Waals surface area contributed by atoms with Crippen LogP contribution in [0.2, 0.25) is 0 Å². The molecule has 0 atom stereocenters. The topological polar surface area (TPSA) is 390 Å². The maximum Gasteiger partial charge on any atom is 0.323 e. The first kappa shape index (κ1) is 51.2. The Balaban J connectivity index is 1.27. The van der Waals surface area contributed by atoms with E-state index in [9.17, 15) is 65.5 Å². The van der Waals surface area contributed by atoms with Crippen LogP contribution in [0.1, 0.15) is 11.1 Å². The van der Waals surface area contributed by atoms with Gasteiger partial charge in [-0.25, -0.2) is 0 Å². The number of rotatable bonds is 22. The number of nitrogens with zero attached hydrogens (tertiary/aromatic N) is 8. The first-order valence-corrected chi connectivity index (χ1v) is 23.2. The van der Waals surface area contributed by atoms with Crippen molar-refractivity contribution in [2.45, 2.75) is 19.6 Å². The Hall–Kier alpha value is -8.16. The minimum atomic E-state index is -4.92. The number of aliphatic carboxylic acids is 4. The molecule has 364 valence electrons. The Bertz CT molecular complexity index is 3210. The van der Waals surface area contributed by atoms with E-state index in [2.05, 4.69) is 76.4 Å². The number of aromatic nitrogens is 6. The summed E-state index contributed by atoms with van der Waals surface area (Å²) in [6.07, 6.45) is 2.84. The van der Waals surface area contributed by atoms with Crippen molar-refractivity contribution in [2.75, 3.05) is 57.2 Å². The minimum Gasteiger partial charge on any atom is -0.480 e. The molecule has 6 rings (SSSR count). The molecule has 0 fully saturated rings. The minimum absolute atomic E-state index is 0.000972. The van der Waals surface area contributed by atoms with Gasteiger partial charge in [-0.15, -0.1) is 25.3 Å². The number of benzene rings is 4. The van der Waals surface area contributed by atoms with Crippen molar-refractivity contribution in [1.29, 1.82) is 0 Å². The van der Waals surface area contributed by atoms with Gasteiger partial charge in [0, 0.05) is 32.5 Å². The number of carboxylic acid groups (broad SMARTS) is 4. The van der Waals surface area contributed by atoms with Gasteiger partial charge >= 0.3 is 23.9 Å². The number of carboxylic acids is 4. The van der Waals surface area contributed by atoms with Crippen LogP contribution in [-0.4, -0.2) is 126 Å². The summed E-state index contributed by atoms with van der Waals surface area (Å²) in [7, 11) is -9.43. The second kappa shape index (κ2) is 21.9. The van der Waals surface area contributed by atoms with Crippen LogP contribution in [0.4, 0.5) is 58.4 Å². The first-order valence-electron chi connectivity index (χ1n) is 19.4. The molecule has 0 aliphatic rings. The summed E-state index contributed by atoms with van der Waals surface area (Å²) in [5.74, 6) is -7.19. The molecule has 2 aromatic heterocycles. The number of hydrogen-bond acceptors (Lipinski definition) is 22. The molecule has 26 nitrogen and oxygen atoms in total. The lowest BCUT2D eigenvalue weighted by atomic mass is 10.1. The number of nitrogens with one attached hydrogen (secondary N) is 4. The zero-order chi connectivity index (χ0) is 50.9. The van der Waals surface area contributed by atoms with Gasteiger partial charge in [-0.3, -0.25) is 28.3 Å². The zero-order valence-electron chi connectivity index (χ0n) is 35.3. The summed E-state index contributed by atoms with van der Waals surface area (Å²) in [5, 5.41) is 49.2. The molecule has 0 amide bonds. The summed E-state index contributed by atoms with van der Waals surface area (Å²) < 4.78 is 68.1. The third kappa shape index (κ3) is 14.7. The lowest BCUT2D eigenvalue weighted by Gasteiger charge is -2.20. The van der Waals surface area contributed by atoms with Crippen LogP contribution >= 0.6 is 25.3 Å². The molecule has 4 aromatic carbocycles. The lowest BCUT2D eigenvalue weighted by Crippen LogP contribution is -2.36. The second-order valence-corrected chi connectivity index (χ2v) is 18.0. The maximum absolute atomic E-state index is 12.7. The average Bonchev–Trinajstić information content (AvgIpc) is 3.25. The number of hydrogen-bond donors (Lipinski definition) is 12. The highest BCUT2D eigenvalue weighted by Crippen LogP contribution is 2.29. The Morgan fingerprint density at radius 2 is 0.843 bits per heavy atom. The predicted molar refractivity (Wildman–Crippen MR) is 257 cm³/mol. The van der Waals surface area contributed by atoms with E-state index in [1.807, 2.05) is 0 Å². The summed E-state index contributed by atoms with van der Waals surface area (Å²) >= 11 is 8.80. The van der Waals surface area contributed by atoms with E-state index in [-0.39, 0.29) is 52.6 Å². The van der Waals surface area contributed by atoms with Gasteiger partial charge in [0.05, 0.1) is 4.90 Å². The fraction of sp³-hybridized carbons (Fsp3) is 0.100. The van der Waals surface area contributed by atoms with E-state index in [4.69, 9.17) is 0 Å². The van der Waals surface area contributed by atoms with E-state index in [0.717, 1.165) is 28.0 Å². The fourth-order valence-electron chi connectivity index (χ4n) is 5.97. The molecule has 0 aliphatic heterocycles. The fourth-order valence-corrected chi connectivity index (χ4v) is 7.60. The van der Waals surface area contributed by atoms with Crippen LogP contribution in [0, 0.1) is 0 Å². The molecule has 0 aliphatic carbocycles. The van der Waals surface area contributed by atoms with Gasteiger partial charge < -0.3 is 51.5 Å². The third-order valence-electron chi connectivity index (χ3n) is 8.93. The van der Waals surface area contributed by atoms with E-state index >= 15 is 0 Å². The Morgan fingerprint density at radius 1 is 0.486 bits per heavy atom. The second-order valence-electron chi connectivity index (χ2n) is 14.2. The third-order valence-corrected chi connectivity index (χ3v) is 11.4. The van der Waals surface area contributed by atoms with E-state index in [0.29, 0.717) is 26.7 Å². The molecule has 0 unspecified atom stereocenters. The van der Waals surface area contributed by atoms with Gasteiger partial charge in [0.15, 0.2) is 0 Å². The van der Waals surface area contributed by atoms with Gasteiger partial charge in [-0.2, -0.15) is 46.7 Å². The molecule has 2 heterocycles. The highest BCUT2D eigenvalue weighted by atomic mass is 32.2. The van der Waals surface area contributed by atoms with Crippen LogP contribution in [0.3, 0.4) is 0 Å². The number of thiol groups is 2. The molecular weight excluding hydrogens is 1000 g/mol. The molecule has 0 radical (unpaired) electrons. The monoisotopic (exact) mass is 1040 g/mol. The standard InChI is InChI=1S/C40H36N12O14S4/c53-31(54)17-51(18-32(55)56)39-48-36(42-24-9-13-28(14-10-24)69(61,62)63)45-37(49-39)43-25-5-3-21(29(68)15-25)1-2-22-4-6-26(16-30(22)70(64,65)66)44-38-46-35(41-23-7-11-27(67)12-8-23)47-40(50-38)52(19-33(57)58)20-34(59)60/h1-16,67-68H,17-20H2,(H,53,54)(H,55,56)(H,57,58)(H,59,60)(H,61,62,63)(H,64,65,66)(H2,41,44,46,47,50)(H2,42,43,45,48,49). The van der Waals surface area contributed by atoms with Crippen LogP contribution in [0.5, 0.6) is 0 Å². The van der Waals surface area contributed by atoms with Crippen molar-refractivity contribution in [3.63, 3.8) is 0 Å². The van der Waals surface area contributed by atoms with Gasteiger partial charge in [0.25, 0.3) is 20.2 Å². The molecular formula is C40H36N12O14S4. The predicted octanol–water partition coefficient (Wildman–Crippen LogP) is 4.22. The highest BCUT2D eigenvalue weighted by Gasteiger charge is 2.23. The number of carbonyl (C=O) groups is 4. The Labute approximate surface area is 406 Å². The maximum atomic E-state index is 12.7. The smallest absolute Gasteiger partial charge is 0.323 e. The van der Waals surface area contributed by atoms with Crippen molar-refractivity contribution in [3.8, 4) is 0 Å². The molecule has 0 spiro atoms. The molecule has 0 saturated carbocycles. The van der Waals surface area contributed by atoms with Crippen LogP contribution in [0.15, 0.2) is 105 Å². The van der Waals surface area contributed by atoms with E-state index in [1.165, 1.54) is 48.6 Å². The van der Waals surface area contributed by atoms with Crippen molar-refractivity contribution in [2.24, 2.45) is 0 Å². The van der Waals surface area contributed by atoms with Crippen LogP contribution in [0.25, 0.3) is 12.2 Å². The van der Waals surface area contributed by atoms with E-state index < -0.39 is 80.1 Å². The van der Waals surface area contributed by atoms with Crippen LogP contribution in [-0.2, 0) is 39.4 Å². The van der Waals surface area contributed by atoms with Crippen LogP contribution < -0.4 is 31.1 Å². The van der Waals surface area contributed by atoms with Gasteiger partial charge in [0.2, 0.25) is 35.7 Å². The molecule has 0 saturated heterocycles. The number of anilines is 10. The molecule has 30 heteroatoms. The highest BCUT2D eigenvalue weighted by molar-refractivity contribution is 7.86. The summed E-state index contributed by atoms with van der Waals surface area (Å²) in [6, 6.07) is 19.7.